The van der Waals surface area contributed by atoms with Crippen LogP contribution in [0.5, 0.6) is 0 Å². The molecule has 94 valence electrons. The number of aromatic nitrogens is 3. The molecule has 19 heavy (non-hydrogen) atoms. The van der Waals surface area contributed by atoms with Gasteiger partial charge in [-0.25, -0.2) is 0 Å². The second kappa shape index (κ2) is 4.25. The third-order valence-corrected chi connectivity index (χ3v) is 3.10. The summed E-state index contributed by atoms with van der Waals surface area (Å²) in [7, 11) is 0. The molecule has 3 rings (SSSR count). The highest BCUT2D eigenvalue weighted by molar-refractivity contribution is 5.89. The Bertz CT molecular complexity index is 763. The lowest BCUT2D eigenvalue weighted by atomic mass is 10.1. The van der Waals surface area contributed by atoms with E-state index < -0.39 is 0 Å². The Morgan fingerprint density at radius 1 is 1.37 bits per heavy atom. The minimum Gasteiger partial charge on any atom is -0.344 e. The second-order valence-corrected chi connectivity index (χ2v) is 4.64. The first-order valence-electron chi connectivity index (χ1n) is 6.02. The molecule has 0 N–H and O–H groups in total. The average molecular weight is 252 g/mol. The van der Waals surface area contributed by atoms with Crippen LogP contribution in [-0.2, 0) is 0 Å². The van der Waals surface area contributed by atoms with Gasteiger partial charge in [0.05, 0.1) is 11.1 Å². The number of nitriles is 1. The van der Waals surface area contributed by atoms with Crippen molar-refractivity contribution < 1.29 is 4.52 Å². The van der Waals surface area contributed by atoms with Crippen molar-refractivity contribution in [3.05, 3.63) is 36.3 Å². The van der Waals surface area contributed by atoms with E-state index in [1.165, 1.54) is 6.33 Å². The lowest BCUT2D eigenvalue weighted by Gasteiger charge is -2.10. The first-order valence-corrected chi connectivity index (χ1v) is 6.02. The van der Waals surface area contributed by atoms with Crippen molar-refractivity contribution in [2.75, 3.05) is 0 Å². The van der Waals surface area contributed by atoms with E-state index in [1.54, 1.807) is 6.07 Å². The van der Waals surface area contributed by atoms with Crippen molar-refractivity contribution in [2.24, 2.45) is 0 Å². The zero-order valence-corrected chi connectivity index (χ0v) is 10.7. The Labute approximate surface area is 110 Å². The summed E-state index contributed by atoms with van der Waals surface area (Å²) in [5, 5.41) is 13.9. The van der Waals surface area contributed by atoms with Crippen LogP contribution >= 0.6 is 0 Å². The zero-order chi connectivity index (χ0) is 13.4. The predicted octanol–water partition coefficient (Wildman–Crippen LogP) is 3.14. The van der Waals surface area contributed by atoms with Gasteiger partial charge in [-0.15, -0.1) is 0 Å². The van der Waals surface area contributed by atoms with Gasteiger partial charge < -0.3 is 9.09 Å². The lowest BCUT2D eigenvalue weighted by Crippen LogP contribution is -1.99. The fourth-order valence-corrected chi connectivity index (χ4v) is 2.25. The molecule has 0 amide bonds. The Balaban J connectivity index is 2.30. The van der Waals surface area contributed by atoms with Crippen LogP contribution in [0.15, 0.2) is 35.2 Å². The highest BCUT2D eigenvalue weighted by Crippen LogP contribution is 2.28. The summed E-state index contributed by atoms with van der Waals surface area (Å²) in [5.41, 5.74) is 2.33. The Morgan fingerprint density at radius 2 is 2.21 bits per heavy atom. The van der Waals surface area contributed by atoms with Gasteiger partial charge in [0.2, 0.25) is 0 Å². The molecule has 0 saturated heterocycles. The average Bonchev–Trinajstić information content (AvgIpc) is 3.06. The fraction of sp³-hybridized carbons (Fsp3) is 0.214. The summed E-state index contributed by atoms with van der Waals surface area (Å²) in [6, 6.07) is 8.29. The zero-order valence-electron chi connectivity index (χ0n) is 10.7. The van der Waals surface area contributed by atoms with Gasteiger partial charge in [-0.05, 0) is 32.0 Å². The number of benzene rings is 1. The van der Waals surface area contributed by atoms with Crippen molar-refractivity contribution in [3.63, 3.8) is 0 Å². The van der Waals surface area contributed by atoms with Crippen molar-refractivity contribution in [2.45, 2.75) is 19.9 Å². The van der Waals surface area contributed by atoms with Gasteiger partial charge in [0, 0.05) is 23.2 Å². The van der Waals surface area contributed by atoms with Crippen LogP contribution in [0.1, 0.15) is 25.5 Å². The van der Waals surface area contributed by atoms with Gasteiger partial charge >= 0.3 is 0 Å². The molecule has 5 nitrogen and oxygen atoms in total. The highest BCUT2D eigenvalue weighted by atomic mass is 16.5. The van der Waals surface area contributed by atoms with Crippen LogP contribution in [0, 0.1) is 11.3 Å². The number of nitrogens with zero attached hydrogens (tertiary/aromatic N) is 4. The molecular weight excluding hydrogens is 240 g/mol. The Morgan fingerprint density at radius 3 is 2.84 bits per heavy atom. The molecule has 0 aliphatic heterocycles. The molecule has 0 radical (unpaired) electrons. The van der Waals surface area contributed by atoms with Crippen molar-refractivity contribution >= 4 is 10.9 Å². The summed E-state index contributed by atoms with van der Waals surface area (Å²) < 4.78 is 7.13. The molecule has 2 aromatic heterocycles. The molecule has 0 aliphatic rings. The van der Waals surface area contributed by atoms with E-state index in [-0.39, 0.29) is 0 Å². The lowest BCUT2D eigenvalue weighted by molar-refractivity contribution is 0.430. The third kappa shape index (κ3) is 1.78. The van der Waals surface area contributed by atoms with E-state index in [0.29, 0.717) is 17.5 Å². The summed E-state index contributed by atoms with van der Waals surface area (Å²) in [5.74, 6) is 0.427. The highest BCUT2D eigenvalue weighted by Gasteiger charge is 2.13. The van der Waals surface area contributed by atoms with E-state index in [4.69, 9.17) is 4.52 Å². The number of rotatable bonds is 2. The maximum Gasteiger partial charge on any atom is 0.257 e. The molecule has 1 aromatic carbocycles. The molecule has 0 bridgehead atoms. The molecule has 2 heterocycles. The van der Waals surface area contributed by atoms with Crippen molar-refractivity contribution in [1.29, 1.82) is 5.26 Å². The molecule has 0 fully saturated rings. The van der Waals surface area contributed by atoms with Crippen LogP contribution in [0.4, 0.5) is 0 Å². The quantitative estimate of drug-likeness (QED) is 0.702. The Kier molecular flexibility index (Phi) is 2.57. The van der Waals surface area contributed by atoms with E-state index >= 15 is 0 Å². The fourth-order valence-electron chi connectivity index (χ4n) is 2.25. The normalized spacial score (nSPS) is 11.1. The van der Waals surface area contributed by atoms with Crippen LogP contribution in [0.2, 0.25) is 0 Å². The molecule has 5 heteroatoms. The van der Waals surface area contributed by atoms with Gasteiger partial charge in [0.15, 0.2) is 6.33 Å². The maximum atomic E-state index is 9.35. The molecule has 0 saturated carbocycles. The van der Waals surface area contributed by atoms with Gasteiger partial charge in [0.1, 0.15) is 6.07 Å². The van der Waals surface area contributed by atoms with Crippen LogP contribution in [0.25, 0.3) is 22.4 Å². The topological polar surface area (TPSA) is 67.6 Å². The maximum absolute atomic E-state index is 9.35. The van der Waals surface area contributed by atoms with E-state index in [0.717, 1.165) is 16.5 Å². The number of fused-ring (bicyclic) bond motifs is 1. The smallest absolute Gasteiger partial charge is 0.257 e. The summed E-state index contributed by atoms with van der Waals surface area (Å²) in [4.78, 5) is 4.02. The first kappa shape index (κ1) is 11.5. The van der Waals surface area contributed by atoms with Crippen molar-refractivity contribution in [1.82, 2.24) is 14.7 Å². The standard InChI is InChI=1S/C14H12N4O/c1-9(2)18-4-3-10-5-11(14-16-8-17-19-14)6-12(7-15)13(10)18/h3-6,8-9H,1-2H3. The molecule has 0 spiro atoms. The molecule has 0 unspecified atom stereocenters. The molecular formula is C14H12N4O. The SMILES string of the molecule is CC(C)n1ccc2cc(-c3ncno3)cc(C#N)c21. The van der Waals surface area contributed by atoms with Gasteiger partial charge in [-0.2, -0.15) is 10.2 Å². The van der Waals surface area contributed by atoms with Crippen LogP contribution in [-0.4, -0.2) is 14.7 Å². The van der Waals surface area contributed by atoms with E-state index in [2.05, 4.69) is 34.6 Å². The second-order valence-electron chi connectivity index (χ2n) is 4.64. The van der Waals surface area contributed by atoms with Gasteiger partial charge in [0.25, 0.3) is 5.89 Å². The Hall–Kier alpha value is -2.61. The monoisotopic (exact) mass is 252 g/mol. The van der Waals surface area contributed by atoms with Gasteiger partial charge in [-0.3, -0.25) is 0 Å². The van der Waals surface area contributed by atoms with Crippen molar-refractivity contribution in [3.8, 4) is 17.5 Å². The van der Waals surface area contributed by atoms with E-state index in [1.807, 2.05) is 18.3 Å². The summed E-state index contributed by atoms with van der Waals surface area (Å²) >= 11 is 0. The minimum atomic E-state index is 0.304. The predicted molar refractivity (Wildman–Crippen MR) is 70.3 cm³/mol. The molecule has 3 aromatic rings. The minimum absolute atomic E-state index is 0.304. The number of hydrogen-bond donors (Lipinski definition) is 0. The third-order valence-electron chi connectivity index (χ3n) is 3.10. The largest absolute Gasteiger partial charge is 0.344 e. The number of hydrogen-bond acceptors (Lipinski definition) is 4. The molecule has 0 aliphatic carbocycles. The summed E-state index contributed by atoms with van der Waals surface area (Å²) in [6.07, 6.45) is 3.35. The van der Waals surface area contributed by atoms with E-state index in [9.17, 15) is 5.26 Å². The van der Waals surface area contributed by atoms with Crippen LogP contribution in [0.3, 0.4) is 0 Å². The molecule has 0 atom stereocenters. The van der Waals surface area contributed by atoms with Crippen LogP contribution < -0.4 is 0 Å². The first-order chi connectivity index (χ1) is 9.20. The summed E-state index contributed by atoms with van der Waals surface area (Å²) in [6.45, 7) is 4.18. The van der Waals surface area contributed by atoms with Gasteiger partial charge in [-0.1, -0.05) is 5.16 Å².